The van der Waals surface area contributed by atoms with E-state index in [4.69, 9.17) is 2.74 Å². The number of rotatable bonds is 1. The molecule has 0 spiro atoms. The Morgan fingerprint density at radius 2 is 1.42 bits per heavy atom. The van der Waals surface area contributed by atoms with Crippen LogP contribution in [-0.4, -0.2) is 0 Å². The van der Waals surface area contributed by atoms with Crippen molar-refractivity contribution in [2.45, 2.75) is 0 Å². The topological polar surface area (TPSA) is 0 Å². The number of hydrogen-bond acceptors (Lipinski definition) is 2. The van der Waals surface area contributed by atoms with Gasteiger partial charge in [0.1, 0.15) is 0 Å². The van der Waals surface area contributed by atoms with Gasteiger partial charge in [0, 0.05) is 2.74 Å². The second-order valence-corrected chi connectivity index (χ2v) is 3.43. The van der Waals surface area contributed by atoms with Crippen LogP contribution >= 0.6 is 22.7 Å². The van der Waals surface area contributed by atoms with Crippen LogP contribution in [0.25, 0.3) is 9.75 Å². The molecule has 0 bridgehead atoms. The van der Waals surface area contributed by atoms with Gasteiger partial charge in [-0.15, -0.1) is 10.8 Å². The average molecular weight is 180 g/mol. The molecule has 0 saturated heterocycles. The molecule has 12 heavy (non-hydrogen) atoms. The maximum Gasteiger partial charge on any atom is 1.00 e. The molecule has 0 nitrogen and oxygen atoms in total. The van der Waals surface area contributed by atoms with E-state index < -0.39 is 0 Å². The van der Waals surface area contributed by atoms with Crippen molar-refractivity contribution in [2.24, 2.45) is 0 Å². The van der Waals surface area contributed by atoms with Crippen molar-refractivity contribution >= 4 is 22.7 Å². The van der Waals surface area contributed by atoms with E-state index in [1.807, 2.05) is 0 Å². The summed E-state index contributed by atoms with van der Waals surface area (Å²) in [5.74, 6) is 0. The van der Waals surface area contributed by atoms with E-state index in [1.165, 1.54) is 22.7 Å². The summed E-state index contributed by atoms with van der Waals surface area (Å²) < 4.78 is 15.0. The predicted molar refractivity (Wildman–Crippen MR) is 45.3 cm³/mol. The van der Waals surface area contributed by atoms with Crippen molar-refractivity contribution in [1.29, 1.82) is 0 Å². The molecule has 50 valence electrons. The molecule has 0 saturated carbocycles. The van der Waals surface area contributed by atoms with Gasteiger partial charge in [-0.3, -0.25) is 22.7 Å². The smallest absolute Gasteiger partial charge is 0.283 e. The summed E-state index contributed by atoms with van der Waals surface area (Å²) in [6.45, 7) is 0. The molecular weight excluding hydrogens is 174 g/mol. The van der Waals surface area contributed by atoms with Gasteiger partial charge in [-0.05, 0) is 0 Å². The summed E-state index contributed by atoms with van der Waals surface area (Å²) in [6.07, 6.45) is 0. The minimum atomic E-state index is 0. The zero-order chi connectivity index (χ0) is 8.55. The molecular formula is C8H4Li2S2. The van der Waals surface area contributed by atoms with Gasteiger partial charge in [0.05, 0.1) is 0 Å². The van der Waals surface area contributed by atoms with E-state index in [0.717, 1.165) is 9.75 Å². The molecule has 0 amide bonds. The van der Waals surface area contributed by atoms with E-state index >= 15 is 0 Å². The molecule has 2 aromatic heterocycles. The monoisotopic (exact) mass is 180 g/mol. The third-order valence-corrected chi connectivity index (χ3v) is 2.73. The minimum absolute atomic E-state index is 0. The second kappa shape index (κ2) is 6.11. The fraction of sp³-hybridized carbons (Fsp3) is 0. The zero-order valence-electron chi connectivity index (χ0n) is 8.97. The molecule has 2 rings (SSSR count). The van der Waals surface area contributed by atoms with Crippen LogP contribution in [-0.2, 0) is 0 Å². The van der Waals surface area contributed by atoms with E-state index in [2.05, 4.69) is 12.1 Å². The summed E-state index contributed by atoms with van der Waals surface area (Å²) in [6, 6.07) is 6.32. The predicted octanol–water partition coefficient (Wildman–Crippen LogP) is -2.92. The molecule has 0 aliphatic rings. The van der Waals surface area contributed by atoms with Crippen molar-refractivity contribution in [3.63, 3.8) is 0 Å². The van der Waals surface area contributed by atoms with Crippen LogP contribution in [0.5, 0.6) is 0 Å². The first kappa shape index (κ1) is 9.16. The molecule has 0 radical (unpaired) electrons. The maximum absolute atomic E-state index is 7.49. The van der Waals surface area contributed by atoms with Crippen LogP contribution in [0.4, 0.5) is 0 Å². The third kappa shape index (κ3) is 2.82. The molecule has 2 aromatic rings. The number of hydrogen-bond donors (Lipinski definition) is 0. The maximum atomic E-state index is 7.49. The van der Waals surface area contributed by atoms with Crippen LogP contribution in [0.2, 0.25) is 0 Å². The second-order valence-electron chi connectivity index (χ2n) is 1.67. The first-order chi connectivity index (χ1) is 5.79. The molecule has 0 aliphatic carbocycles. The van der Waals surface area contributed by atoms with E-state index in [0.29, 0.717) is 12.1 Å². The van der Waals surface area contributed by atoms with E-state index in [9.17, 15) is 0 Å². The molecule has 0 fully saturated rings. The summed E-state index contributed by atoms with van der Waals surface area (Å²) in [4.78, 5) is 1.65. The van der Waals surface area contributed by atoms with Crippen LogP contribution in [0.15, 0.2) is 22.8 Å². The van der Waals surface area contributed by atoms with Gasteiger partial charge < -0.3 is 0 Å². The molecule has 0 aromatic carbocycles. The quantitative estimate of drug-likeness (QED) is 0.326. The van der Waals surface area contributed by atoms with Gasteiger partial charge in [0.2, 0.25) is 0 Å². The summed E-state index contributed by atoms with van der Waals surface area (Å²) in [7, 11) is 0. The Bertz CT molecular complexity index is 359. The summed E-state index contributed by atoms with van der Waals surface area (Å²) in [5, 5.41) is 3.49. The summed E-state index contributed by atoms with van der Waals surface area (Å²) in [5.41, 5.74) is 0. The van der Waals surface area contributed by atoms with Gasteiger partial charge in [-0.1, -0.05) is 0 Å². The summed E-state index contributed by atoms with van der Waals surface area (Å²) >= 11 is 2.90. The first-order valence-electron chi connectivity index (χ1n) is 3.71. The van der Waals surface area contributed by atoms with Gasteiger partial charge in [-0.25, -0.2) is 24.2 Å². The fourth-order valence-corrected chi connectivity index (χ4v) is 1.96. The Morgan fingerprint density at radius 3 is 1.67 bits per heavy atom. The minimum Gasteiger partial charge on any atom is -0.283 e. The SMILES string of the molecule is [2H]c1[c-]csc1-c1sc[c-]c1[2H].[Li+].[Li+]. The Hall–Kier alpha value is 0.595. The Labute approximate surface area is 107 Å². The van der Waals surface area contributed by atoms with Crippen LogP contribution in [0.3, 0.4) is 0 Å². The molecule has 0 atom stereocenters. The van der Waals surface area contributed by atoms with Crippen molar-refractivity contribution in [3.8, 4) is 9.75 Å². The molecule has 0 aliphatic heterocycles. The van der Waals surface area contributed by atoms with Gasteiger partial charge >= 0.3 is 37.7 Å². The zero-order valence-corrected chi connectivity index (χ0v) is 8.60. The Balaban J connectivity index is 0.000000845. The Kier molecular flexibility index (Phi) is 4.66. The van der Waals surface area contributed by atoms with E-state index in [1.54, 1.807) is 10.8 Å². The normalized spacial score (nSPS) is 10.7. The van der Waals surface area contributed by atoms with Crippen LogP contribution in [0.1, 0.15) is 2.74 Å². The van der Waals surface area contributed by atoms with Gasteiger partial charge in [-0.2, -0.15) is 9.75 Å². The Morgan fingerprint density at radius 1 is 1.00 bits per heavy atom. The van der Waals surface area contributed by atoms with Crippen molar-refractivity contribution in [2.75, 3.05) is 0 Å². The van der Waals surface area contributed by atoms with Gasteiger partial charge in [0.15, 0.2) is 0 Å². The largest absolute Gasteiger partial charge is 1.00 e. The van der Waals surface area contributed by atoms with E-state index in [-0.39, 0.29) is 37.7 Å². The molecule has 0 unspecified atom stereocenters. The van der Waals surface area contributed by atoms with Crippen molar-refractivity contribution in [1.82, 2.24) is 0 Å². The molecule has 0 N–H and O–H groups in total. The average Bonchev–Trinajstić information content (AvgIpc) is 2.59. The van der Waals surface area contributed by atoms with Crippen molar-refractivity contribution in [3.05, 3.63) is 35.0 Å². The molecule has 4 heteroatoms. The van der Waals surface area contributed by atoms with Gasteiger partial charge in [0.25, 0.3) is 0 Å². The first-order valence-corrected chi connectivity index (χ1v) is 4.47. The van der Waals surface area contributed by atoms with Crippen LogP contribution in [0, 0.1) is 12.1 Å². The standard InChI is InChI=1S/C8H4S2.2Li/c1-3-7(9-5-1)8-4-2-6-10-8;;/h3-6H;;/q-2;2*+1/i3D,4D;;. The fourth-order valence-electron chi connectivity index (χ4n) is 0.646. The van der Waals surface area contributed by atoms with Crippen LogP contribution < -0.4 is 37.7 Å². The molecule has 2 heterocycles. The van der Waals surface area contributed by atoms with Crippen molar-refractivity contribution < 1.29 is 40.5 Å². The third-order valence-electron chi connectivity index (χ3n) is 1.05. The number of thiophene rings is 2.